The summed E-state index contributed by atoms with van der Waals surface area (Å²) in [7, 11) is 0. The number of aromatic nitrogens is 6. The molecule has 3 heterocycles. The fourth-order valence-electron chi connectivity index (χ4n) is 3.51. The molecule has 2 aromatic heterocycles. The lowest BCUT2D eigenvalue weighted by Gasteiger charge is -2.26. The Balaban J connectivity index is 1.43. The van der Waals surface area contributed by atoms with E-state index in [-0.39, 0.29) is 5.91 Å². The van der Waals surface area contributed by atoms with Crippen LogP contribution >= 0.6 is 0 Å². The Kier molecular flexibility index (Phi) is 3.93. The van der Waals surface area contributed by atoms with Crippen molar-refractivity contribution in [2.24, 2.45) is 0 Å². The van der Waals surface area contributed by atoms with Gasteiger partial charge in [-0.2, -0.15) is 5.21 Å². The predicted octanol–water partition coefficient (Wildman–Crippen LogP) is 2.46. The minimum atomic E-state index is -0.0538. The van der Waals surface area contributed by atoms with Crippen LogP contribution in [0.15, 0.2) is 54.6 Å². The molecule has 4 aromatic rings. The van der Waals surface area contributed by atoms with Crippen LogP contribution in [0.1, 0.15) is 21.7 Å². The molecule has 0 unspecified atom stereocenters. The van der Waals surface area contributed by atoms with Crippen molar-refractivity contribution in [1.29, 1.82) is 0 Å². The maximum absolute atomic E-state index is 13.2. The number of H-pyrrole nitrogens is 2. The quantitative estimate of drug-likeness (QED) is 0.576. The van der Waals surface area contributed by atoms with E-state index >= 15 is 0 Å². The number of aromatic amines is 2. The summed E-state index contributed by atoms with van der Waals surface area (Å²) >= 11 is 0. The third kappa shape index (κ3) is 2.84. The van der Waals surface area contributed by atoms with Gasteiger partial charge in [-0.1, -0.05) is 48.5 Å². The van der Waals surface area contributed by atoms with Crippen molar-refractivity contribution >= 4 is 5.91 Å². The third-order valence-electron chi connectivity index (χ3n) is 4.91. The van der Waals surface area contributed by atoms with Gasteiger partial charge in [0, 0.05) is 24.1 Å². The molecule has 0 saturated heterocycles. The van der Waals surface area contributed by atoms with E-state index in [9.17, 15) is 4.79 Å². The number of hydrogen-bond acceptors (Lipinski definition) is 5. The molecule has 0 spiro atoms. The summed E-state index contributed by atoms with van der Waals surface area (Å²) < 4.78 is 0. The van der Waals surface area contributed by atoms with Crippen LogP contribution in [0.25, 0.3) is 22.8 Å². The maximum Gasteiger partial charge on any atom is 0.254 e. The molecule has 0 radical (unpaired) electrons. The van der Waals surface area contributed by atoms with E-state index in [1.54, 1.807) is 6.07 Å². The van der Waals surface area contributed by atoms with E-state index < -0.39 is 0 Å². The van der Waals surface area contributed by atoms with Crippen LogP contribution in [0.3, 0.4) is 0 Å². The van der Waals surface area contributed by atoms with Crippen LogP contribution in [-0.2, 0) is 13.0 Å². The number of nitrogens with one attached hydrogen (secondary N) is 2. The van der Waals surface area contributed by atoms with Crippen LogP contribution in [-0.4, -0.2) is 47.9 Å². The predicted molar refractivity (Wildman–Crippen MR) is 102 cm³/mol. The molecule has 28 heavy (non-hydrogen) atoms. The van der Waals surface area contributed by atoms with E-state index in [1.807, 2.05) is 53.4 Å². The van der Waals surface area contributed by atoms with Crippen molar-refractivity contribution in [3.8, 4) is 22.8 Å². The second-order valence-electron chi connectivity index (χ2n) is 6.63. The highest BCUT2D eigenvalue weighted by molar-refractivity contribution is 6.00. The van der Waals surface area contributed by atoms with Crippen molar-refractivity contribution in [2.45, 2.75) is 13.0 Å². The lowest BCUT2D eigenvalue weighted by atomic mass is 10.0. The molecule has 1 aliphatic rings. The fraction of sp³-hybridized carbons (Fsp3) is 0.150. The highest BCUT2D eigenvalue weighted by atomic mass is 16.2. The van der Waals surface area contributed by atoms with Gasteiger partial charge in [0.2, 0.25) is 5.82 Å². The lowest BCUT2D eigenvalue weighted by Crippen LogP contribution is -2.36. The monoisotopic (exact) mass is 371 g/mol. The summed E-state index contributed by atoms with van der Waals surface area (Å²) in [6, 6.07) is 17.3. The van der Waals surface area contributed by atoms with Gasteiger partial charge in [-0.25, -0.2) is 4.98 Å². The molecule has 5 rings (SSSR count). The second-order valence-corrected chi connectivity index (χ2v) is 6.63. The Morgan fingerprint density at radius 3 is 2.68 bits per heavy atom. The molecule has 8 nitrogen and oxygen atoms in total. The summed E-state index contributed by atoms with van der Waals surface area (Å²) in [5.41, 5.74) is 4.28. The third-order valence-corrected chi connectivity index (χ3v) is 4.91. The SMILES string of the molecule is O=C(c1ccccc1-c1nn[nH]n1)N1CCc2nc(-c3ccccc3)[nH]c2C1. The molecular formula is C20H17N7O. The highest BCUT2D eigenvalue weighted by Crippen LogP contribution is 2.26. The molecular weight excluding hydrogens is 354 g/mol. The number of amides is 1. The topological polar surface area (TPSA) is 103 Å². The average Bonchev–Trinajstić information content (AvgIpc) is 3.43. The molecule has 0 saturated carbocycles. The number of benzene rings is 2. The maximum atomic E-state index is 13.2. The van der Waals surface area contributed by atoms with Crippen molar-refractivity contribution < 1.29 is 4.79 Å². The molecule has 2 aromatic carbocycles. The molecule has 0 bridgehead atoms. The first-order valence-electron chi connectivity index (χ1n) is 9.05. The van der Waals surface area contributed by atoms with Gasteiger partial charge in [0.1, 0.15) is 5.82 Å². The summed E-state index contributed by atoms with van der Waals surface area (Å²) in [5.74, 6) is 1.20. The zero-order chi connectivity index (χ0) is 18.9. The molecule has 0 fully saturated rings. The van der Waals surface area contributed by atoms with Gasteiger partial charge in [0.15, 0.2) is 0 Å². The molecule has 1 amide bonds. The zero-order valence-electron chi connectivity index (χ0n) is 15.0. The Morgan fingerprint density at radius 1 is 1.04 bits per heavy atom. The lowest BCUT2D eigenvalue weighted by molar-refractivity contribution is 0.0732. The van der Waals surface area contributed by atoms with Gasteiger partial charge < -0.3 is 9.88 Å². The summed E-state index contributed by atoms with van der Waals surface area (Å²) in [5, 5.41) is 14.1. The van der Waals surface area contributed by atoms with E-state index in [4.69, 9.17) is 4.98 Å². The number of carbonyl (C=O) groups is 1. The van der Waals surface area contributed by atoms with Crippen LogP contribution in [0.5, 0.6) is 0 Å². The molecule has 138 valence electrons. The van der Waals surface area contributed by atoms with E-state index in [0.717, 1.165) is 29.2 Å². The normalized spacial score (nSPS) is 13.4. The number of nitrogens with zero attached hydrogens (tertiary/aromatic N) is 5. The minimum absolute atomic E-state index is 0.0538. The van der Waals surface area contributed by atoms with Gasteiger partial charge in [0.05, 0.1) is 23.5 Å². The molecule has 2 N–H and O–H groups in total. The first-order valence-corrected chi connectivity index (χ1v) is 9.05. The van der Waals surface area contributed by atoms with Gasteiger partial charge >= 0.3 is 0 Å². The summed E-state index contributed by atoms with van der Waals surface area (Å²) in [6.45, 7) is 1.11. The van der Waals surface area contributed by atoms with E-state index in [1.165, 1.54) is 0 Å². The fourth-order valence-corrected chi connectivity index (χ4v) is 3.51. The van der Waals surface area contributed by atoms with Gasteiger partial charge in [0.25, 0.3) is 5.91 Å². The first kappa shape index (κ1) is 16.4. The number of fused-ring (bicyclic) bond motifs is 1. The number of imidazole rings is 1. The summed E-state index contributed by atoms with van der Waals surface area (Å²) in [6.07, 6.45) is 0.717. The number of carbonyl (C=O) groups excluding carboxylic acids is 1. The second kappa shape index (κ2) is 6.73. The van der Waals surface area contributed by atoms with Crippen LogP contribution in [0.2, 0.25) is 0 Å². The molecule has 1 aliphatic heterocycles. The first-order chi connectivity index (χ1) is 13.8. The largest absolute Gasteiger partial charge is 0.340 e. The molecule has 0 atom stereocenters. The van der Waals surface area contributed by atoms with Crippen molar-refractivity contribution in [2.75, 3.05) is 6.54 Å². The number of tetrazole rings is 1. The van der Waals surface area contributed by atoms with Crippen molar-refractivity contribution in [3.05, 3.63) is 71.5 Å². The molecule has 0 aliphatic carbocycles. The van der Waals surface area contributed by atoms with Crippen molar-refractivity contribution in [1.82, 2.24) is 35.5 Å². The summed E-state index contributed by atoms with van der Waals surface area (Å²) in [4.78, 5) is 23.1. The van der Waals surface area contributed by atoms with E-state index in [2.05, 4.69) is 25.6 Å². The number of hydrogen-bond donors (Lipinski definition) is 2. The van der Waals surface area contributed by atoms with Crippen molar-refractivity contribution in [3.63, 3.8) is 0 Å². The van der Waals surface area contributed by atoms with Crippen LogP contribution in [0.4, 0.5) is 0 Å². The zero-order valence-corrected chi connectivity index (χ0v) is 15.0. The van der Waals surface area contributed by atoms with Gasteiger partial charge in [-0.15, -0.1) is 10.2 Å². The van der Waals surface area contributed by atoms with E-state index in [0.29, 0.717) is 30.0 Å². The highest BCUT2D eigenvalue weighted by Gasteiger charge is 2.26. The average molecular weight is 371 g/mol. The van der Waals surface area contributed by atoms with Crippen LogP contribution < -0.4 is 0 Å². The Hall–Kier alpha value is -3.81. The smallest absolute Gasteiger partial charge is 0.254 e. The minimum Gasteiger partial charge on any atom is -0.340 e. The number of rotatable bonds is 3. The van der Waals surface area contributed by atoms with Gasteiger partial charge in [-0.05, 0) is 11.3 Å². The Bertz CT molecular complexity index is 1120. The van der Waals surface area contributed by atoms with Gasteiger partial charge in [-0.3, -0.25) is 4.79 Å². The van der Waals surface area contributed by atoms with Crippen LogP contribution in [0, 0.1) is 0 Å². The standard InChI is InChI=1S/C20H17N7O/c28-20(15-9-5-4-8-14(15)19-23-25-26-24-19)27-11-10-16-17(12-27)22-18(21-16)13-6-2-1-3-7-13/h1-9H,10-12H2,(H,21,22)(H,23,24,25,26). The molecule has 8 heteroatoms. The Morgan fingerprint density at radius 2 is 1.86 bits per heavy atom. The Labute approximate surface area is 160 Å².